The van der Waals surface area contributed by atoms with E-state index in [2.05, 4.69) is 37.1 Å². The lowest BCUT2D eigenvalue weighted by Gasteiger charge is -2.33. The van der Waals surface area contributed by atoms with Gasteiger partial charge in [0.25, 0.3) is 5.56 Å². The van der Waals surface area contributed by atoms with Crippen LogP contribution >= 0.6 is 11.6 Å². The number of nitrogens with one attached hydrogen (secondary N) is 1. The summed E-state index contributed by atoms with van der Waals surface area (Å²) in [5.41, 5.74) is 8.76. The Kier molecular flexibility index (Phi) is 11.5. The molecular formula is C35H43ClN8O4. The number of aromatic nitrogens is 2. The number of benzene rings is 2. The molecule has 6 N–H and O–H groups in total. The molecule has 4 rings (SSSR count). The Morgan fingerprint density at radius 3 is 2.67 bits per heavy atom. The molecule has 0 saturated carbocycles. The number of ether oxygens (including phenoxy) is 1. The normalized spacial score (nSPS) is 12.5. The minimum Gasteiger partial charge on any atom is -0.449 e. The van der Waals surface area contributed by atoms with Crippen LogP contribution < -0.4 is 27.4 Å². The van der Waals surface area contributed by atoms with Crippen molar-refractivity contribution in [2.24, 2.45) is 24.0 Å². The fourth-order valence-corrected chi connectivity index (χ4v) is 5.62. The number of hydrazine groups is 1. The third kappa shape index (κ3) is 7.99. The number of carbonyl (C=O) groups is 1. The summed E-state index contributed by atoms with van der Waals surface area (Å²) in [6.45, 7) is 8.92. The number of halogens is 1. The van der Waals surface area contributed by atoms with Crippen LogP contribution in [0.4, 0.5) is 16.2 Å². The van der Waals surface area contributed by atoms with E-state index in [0.29, 0.717) is 57.3 Å². The van der Waals surface area contributed by atoms with E-state index in [1.54, 1.807) is 55.8 Å². The highest BCUT2D eigenvalue weighted by Crippen LogP contribution is 2.40. The van der Waals surface area contributed by atoms with Crippen LogP contribution in [0.15, 0.2) is 65.5 Å². The van der Waals surface area contributed by atoms with E-state index in [1.807, 2.05) is 6.92 Å². The lowest BCUT2D eigenvalue weighted by molar-refractivity contribution is 0.140. The van der Waals surface area contributed by atoms with Crippen molar-refractivity contribution >= 4 is 50.7 Å². The highest BCUT2D eigenvalue weighted by atomic mass is 35.5. The zero-order valence-electron chi connectivity index (χ0n) is 28.0. The van der Waals surface area contributed by atoms with E-state index < -0.39 is 12.1 Å². The Hall–Kier alpha value is -4.83. The number of aliphatic hydroxyl groups excluding tert-OH is 1. The first-order valence-electron chi connectivity index (χ1n) is 15.7. The summed E-state index contributed by atoms with van der Waals surface area (Å²) in [4.78, 5) is 33.2. The molecule has 4 aromatic rings. The van der Waals surface area contributed by atoms with Crippen molar-refractivity contribution in [1.82, 2.24) is 14.6 Å². The lowest BCUT2D eigenvalue weighted by atomic mass is 9.95. The monoisotopic (exact) mass is 674 g/mol. The summed E-state index contributed by atoms with van der Waals surface area (Å²) in [7, 11) is 1.66. The summed E-state index contributed by atoms with van der Waals surface area (Å²) in [6, 6.07) is 11.5. The van der Waals surface area contributed by atoms with E-state index >= 15 is 0 Å². The molecule has 0 spiro atoms. The van der Waals surface area contributed by atoms with Gasteiger partial charge >= 0.3 is 6.09 Å². The number of aliphatic hydroxyl groups is 1. The largest absolute Gasteiger partial charge is 0.449 e. The van der Waals surface area contributed by atoms with Crippen molar-refractivity contribution in [2.45, 2.75) is 46.6 Å². The summed E-state index contributed by atoms with van der Waals surface area (Å²) >= 11 is 6.88. The maximum absolute atomic E-state index is 14.2. The molecular weight excluding hydrogens is 632 g/mol. The van der Waals surface area contributed by atoms with Gasteiger partial charge in [-0.05, 0) is 47.1 Å². The van der Waals surface area contributed by atoms with Crippen LogP contribution in [0.5, 0.6) is 0 Å². The first-order valence-corrected chi connectivity index (χ1v) is 16.1. The number of rotatable bonds is 12. The number of amides is 1. The van der Waals surface area contributed by atoms with Crippen LogP contribution in [0.2, 0.25) is 5.02 Å². The molecule has 254 valence electrons. The minimum absolute atomic E-state index is 0.0725. The maximum Gasteiger partial charge on any atom is 0.415 e. The van der Waals surface area contributed by atoms with Gasteiger partial charge in [0.2, 0.25) is 0 Å². The van der Waals surface area contributed by atoms with Gasteiger partial charge in [-0.25, -0.2) is 10.6 Å². The molecule has 13 heteroatoms. The third-order valence-electron chi connectivity index (χ3n) is 7.65. The second-order valence-electron chi connectivity index (χ2n) is 12.8. The zero-order valence-corrected chi connectivity index (χ0v) is 28.7. The van der Waals surface area contributed by atoms with E-state index in [0.717, 1.165) is 6.42 Å². The molecule has 2 heterocycles. The molecule has 12 nitrogen and oxygen atoms in total. The fourth-order valence-electron chi connectivity index (χ4n) is 5.36. The number of hydrogen-bond donors (Lipinski definition) is 4. The SMILES string of the molecule is CCCN(N)/C=C(\N)C(c1cccc2c(=O)n(C)ccc12)N(C(=O)OCCCO)c1cc(Cl)c2ncc(C#N)c(NCC(C)(C)C)c2c1. The lowest BCUT2D eigenvalue weighted by Crippen LogP contribution is -2.40. The third-order valence-corrected chi connectivity index (χ3v) is 7.94. The molecule has 0 saturated heterocycles. The van der Waals surface area contributed by atoms with E-state index in [1.165, 1.54) is 20.7 Å². The van der Waals surface area contributed by atoms with Crippen LogP contribution in [0.1, 0.15) is 57.7 Å². The van der Waals surface area contributed by atoms with Gasteiger partial charge < -0.3 is 30.5 Å². The van der Waals surface area contributed by atoms with E-state index in [9.17, 15) is 20.0 Å². The molecule has 1 atom stereocenters. The van der Waals surface area contributed by atoms with Crippen LogP contribution in [-0.2, 0) is 11.8 Å². The fraction of sp³-hybridized carbons (Fsp3) is 0.371. The average molecular weight is 675 g/mol. The number of aryl methyl sites for hydroxylation is 1. The van der Waals surface area contributed by atoms with Crippen molar-refractivity contribution < 1.29 is 14.6 Å². The maximum atomic E-state index is 14.2. The summed E-state index contributed by atoms with van der Waals surface area (Å²) in [5.74, 6) is 6.28. The Morgan fingerprint density at radius 2 is 2.00 bits per heavy atom. The molecule has 0 radical (unpaired) electrons. The Labute approximate surface area is 285 Å². The van der Waals surface area contributed by atoms with Gasteiger partial charge in [0.05, 0.1) is 39.8 Å². The number of nitrogens with zero attached hydrogens (tertiary/aromatic N) is 5. The zero-order chi connectivity index (χ0) is 35.2. The highest BCUT2D eigenvalue weighted by molar-refractivity contribution is 6.36. The first kappa shape index (κ1) is 36.0. The number of nitriles is 1. The molecule has 2 aromatic heterocycles. The van der Waals surface area contributed by atoms with Gasteiger partial charge in [0.15, 0.2) is 0 Å². The van der Waals surface area contributed by atoms with Crippen LogP contribution in [0.3, 0.4) is 0 Å². The smallest absolute Gasteiger partial charge is 0.415 e. The molecule has 0 aliphatic rings. The number of carbonyl (C=O) groups excluding carboxylic acids is 1. The van der Waals surface area contributed by atoms with Crippen molar-refractivity contribution in [3.8, 4) is 6.07 Å². The molecule has 0 fully saturated rings. The minimum atomic E-state index is -1.04. The Morgan fingerprint density at radius 1 is 1.25 bits per heavy atom. The Balaban J connectivity index is 2.07. The molecule has 0 bridgehead atoms. The number of pyridine rings is 2. The second kappa shape index (κ2) is 15.4. The molecule has 0 aliphatic carbocycles. The first-order chi connectivity index (χ1) is 22.8. The van der Waals surface area contributed by atoms with Crippen molar-refractivity contribution in [2.75, 3.05) is 36.5 Å². The van der Waals surface area contributed by atoms with Crippen LogP contribution in [0, 0.1) is 16.7 Å². The molecule has 48 heavy (non-hydrogen) atoms. The topological polar surface area (TPSA) is 176 Å². The second-order valence-corrected chi connectivity index (χ2v) is 13.2. The van der Waals surface area contributed by atoms with Gasteiger partial charge in [0.1, 0.15) is 12.1 Å². The van der Waals surface area contributed by atoms with Gasteiger partial charge in [-0.1, -0.05) is 51.4 Å². The molecule has 1 amide bonds. The predicted octanol–water partition coefficient (Wildman–Crippen LogP) is 5.52. The van der Waals surface area contributed by atoms with Gasteiger partial charge in [-0.15, -0.1) is 0 Å². The molecule has 2 aromatic carbocycles. The quantitative estimate of drug-likeness (QED) is 0.0850. The molecule has 1 unspecified atom stereocenters. The summed E-state index contributed by atoms with van der Waals surface area (Å²) < 4.78 is 7.16. The standard InChI is InChI=1S/C35H43ClN8O4/c1-6-12-43(39)20-29(38)32(25-9-7-10-26-24(25)11-13-42(5)33(26)46)44(34(47)48-15-8-14-45)23-16-27-30(41-21-35(2,3)4)22(18-37)19-40-31(27)28(36)17-23/h7,9-11,13,16-17,19-20,32,45H,6,8,12,14-15,21,38-39H2,1-5H3,(H,40,41)/b29-20-. The predicted molar refractivity (Wildman–Crippen MR) is 190 cm³/mol. The van der Waals surface area contributed by atoms with Gasteiger partial charge in [-0.3, -0.25) is 14.7 Å². The van der Waals surface area contributed by atoms with Gasteiger partial charge in [-0.2, -0.15) is 5.26 Å². The van der Waals surface area contributed by atoms with Crippen LogP contribution in [-0.4, -0.2) is 52.1 Å². The van der Waals surface area contributed by atoms with E-state index in [-0.39, 0.29) is 41.3 Å². The van der Waals surface area contributed by atoms with Gasteiger partial charge in [0, 0.05) is 62.5 Å². The summed E-state index contributed by atoms with van der Waals surface area (Å²) in [5, 5.41) is 26.0. The number of hydrogen-bond acceptors (Lipinski definition) is 10. The van der Waals surface area contributed by atoms with E-state index in [4.69, 9.17) is 27.9 Å². The van der Waals surface area contributed by atoms with Crippen molar-refractivity contribution in [1.29, 1.82) is 5.26 Å². The van der Waals surface area contributed by atoms with Crippen LogP contribution in [0.25, 0.3) is 21.7 Å². The number of anilines is 2. The highest BCUT2D eigenvalue weighted by Gasteiger charge is 2.33. The van der Waals surface area contributed by atoms with Crippen molar-refractivity contribution in [3.63, 3.8) is 0 Å². The summed E-state index contributed by atoms with van der Waals surface area (Å²) in [6.07, 6.45) is 4.83. The average Bonchev–Trinajstić information content (AvgIpc) is 3.03. The van der Waals surface area contributed by atoms with Crippen molar-refractivity contribution in [3.05, 3.63) is 87.2 Å². The Bertz CT molecular complexity index is 1930. The molecule has 0 aliphatic heterocycles. The number of nitrogens with two attached hydrogens (primary N) is 2. The number of fused-ring (bicyclic) bond motifs is 2.